The average Bonchev–Trinajstić information content (AvgIpc) is 3.67. The number of nitrogens with one attached hydrogen (secondary N) is 1. The van der Waals surface area contributed by atoms with Gasteiger partial charge in [-0.2, -0.15) is 0 Å². The number of rotatable bonds is 10. The number of hydrogen-bond acceptors (Lipinski definition) is 6. The molecular formula is C28H28F4N4O4S2. The summed E-state index contributed by atoms with van der Waals surface area (Å²) in [5.41, 5.74) is 2.24. The Bertz CT molecular complexity index is 1480. The van der Waals surface area contributed by atoms with Crippen molar-refractivity contribution in [3.63, 3.8) is 0 Å². The van der Waals surface area contributed by atoms with E-state index in [1.54, 1.807) is 4.90 Å². The van der Waals surface area contributed by atoms with Crippen molar-refractivity contribution >= 4 is 34.2 Å². The molecule has 8 nitrogen and oxygen atoms in total. The molecule has 1 saturated heterocycles. The first kappa shape index (κ1) is 30.3. The summed E-state index contributed by atoms with van der Waals surface area (Å²) in [6.07, 6.45) is -4.62. The molecule has 2 aliphatic heterocycles. The average molecular weight is 625 g/mol. The molecule has 224 valence electrons. The molecule has 42 heavy (non-hydrogen) atoms. The molecule has 0 aliphatic carbocycles. The van der Waals surface area contributed by atoms with Crippen LogP contribution in [0, 0.1) is 0 Å². The Kier molecular flexibility index (Phi) is 9.66. The number of nitrogens with zero attached hydrogens (tertiary/aromatic N) is 3. The van der Waals surface area contributed by atoms with Gasteiger partial charge in [0.1, 0.15) is 5.71 Å². The van der Waals surface area contributed by atoms with Crippen LogP contribution in [0.25, 0.3) is 0 Å². The molecular weight excluding hydrogens is 596 g/mol. The fraction of sp³-hybridized carbons (Fsp3) is 0.393. The van der Waals surface area contributed by atoms with E-state index in [1.807, 2.05) is 29.6 Å². The zero-order valence-corrected chi connectivity index (χ0v) is 23.9. The topological polar surface area (TPSA) is 104 Å². The second kappa shape index (κ2) is 13.4. The number of thiazole rings is 1. The van der Waals surface area contributed by atoms with Gasteiger partial charge in [0.05, 0.1) is 17.1 Å². The van der Waals surface area contributed by atoms with Gasteiger partial charge in [0, 0.05) is 48.5 Å². The third kappa shape index (κ3) is 7.05. The summed E-state index contributed by atoms with van der Waals surface area (Å²) < 4.78 is 75.7. The minimum atomic E-state index is -2.86. The second-order valence-electron chi connectivity index (χ2n) is 10.1. The minimum absolute atomic E-state index is 0.0698. The highest BCUT2D eigenvalue weighted by molar-refractivity contribution is 7.77. The lowest BCUT2D eigenvalue weighted by Crippen LogP contribution is -2.39. The summed E-state index contributed by atoms with van der Waals surface area (Å²) in [5.74, 6) is -0.262. The van der Waals surface area contributed by atoms with Gasteiger partial charge in [-0.05, 0) is 35.6 Å². The van der Waals surface area contributed by atoms with E-state index in [1.165, 1.54) is 11.3 Å². The molecule has 5 rings (SSSR count). The first-order valence-corrected chi connectivity index (χ1v) is 15.3. The molecule has 1 aromatic heterocycles. The van der Waals surface area contributed by atoms with Crippen molar-refractivity contribution in [3.8, 4) is 0 Å². The summed E-state index contributed by atoms with van der Waals surface area (Å²) in [7, 11) is 0. The largest absolute Gasteiger partial charge is 0.387 e. The third-order valence-electron chi connectivity index (χ3n) is 7.47. The van der Waals surface area contributed by atoms with Gasteiger partial charge in [0.2, 0.25) is 17.2 Å². The van der Waals surface area contributed by atoms with E-state index in [4.69, 9.17) is 14.4 Å². The number of hydrogen-bond donors (Lipinski definition) is 2. The lowest BCUT2D eigenvalue weighted by molar-refractivity contribution is -0.131. The number of piperidine rings is 1. The molecule has 0 spiro atoms. The van der Waals surface area contributed by atoms with E-state index in [9.17, 15) is 26.6 Å². The van der Waals surface area contributed by atoms with Crippen molar-refractivity contribution in [2.75, 3.05) is 13.1 Å². The number of carbonyl (C=O) groups excluding carboxylic acids is 1. The summed E-state index contributed by atoms with van der Waals surface area (Å²) in [5, 5.41) is 7.07. The maximum absolute atomic E-state index is 13.4. The third-order valence-corrected chi connectivity index (χ3v) is 8.87. The fourth-order valence-electron chi connectivity index (χ4n) is 5.23. The molecule has 14 heteroatoms. The van der Waals surface area contributed by atoms with Crippen molar-refractivity contribution < 1.29 is 36.0 Å². The fourth-order valence-corrected chi connectivity index (χ4v) is 6.51. The van der Waals surface area contributed by atoms with E-state index in [-0.39, 0.29) is 42.0 Å². The predicted molar refractivity (Wildman–Crippen MR) is 150 cm³/mol. The number of likely N-dealkylation sites (tertiary alicyclic amines) is 1. The summed E-state index contributed by atoms with van der Waals surface area (Å²) in [6.45, 7) is 1.02. The van der Waals surface area contributed by atoms with Crippen LogP contribution in [0.3, 0.4) is 0 Å². The quantitative estimate of drug-likeness (QED) is 0.211. The van der Waals surface area contributed by atoms with Gasteiger partial charge in [0.15, 0.2) is 6.10 Å². The molecule has 0 radical (unpaired) electrons. The van der Waals surface area contributed by atoms with Gasteiger partial charge in [-0.3, -0.25) is 9.35 Å². The second-order valence-corrected chi connectivity index (χ2v) is 11.7. The van der Waals surface area contributed by atoms with Crippen LogP contribution in [0.15, 0.2) is 53.0 Å². The van der Waals surface area contributed by atoms with E-state index in [0.29, 0.717) is 43.8 Å². The first-order valence-electron chi connectivity index (χ1n) is 13.3. The van der Waals surface area contributed by atoms with Gasteiger partial charge in [0.25, 0.3) is 12.9 Å². The predicted octanol–water partition coefficient (Wildman–Crippen LogP) is 6.06. The molecule has 0 bridgehead atoms. The highest BCUT2D eigenvalue weighted by Crippen LogP contribution is 2.35. The Hall–Kier alpha value is -3.20. The Morgan fingerprint density at radius 1 is 1.12 bits per heavy atom. The van der Waals surface area contributed by atoms with Gasteiger partial charge in [-0.1, -0.05) is 41.6 Å². The van der Waals surface area contributed by atoms with Crippen molar-refractivity contribution in [2.24, 2.45) is 5.16 Å². The molecule has 1 fully saturated rings. The Morgan fingerprint density at radius 2 is 1.88 bits per heavy atom. The van der Waals surface area contributed by atoms with Gasteiger partial charge in [-0.15, -0.1) is 11.3 Å². The van der Waals surface area contributed by atoms with Crippen LogP contribution in [0.5, 0.6) is 0 Å². The summed E-state index contributed by atoms with van der Waals surface area (Å²) >= 11 is -0.635. The Balaban J connectivity index is 1.17. The molecule has 2 unspecified atom stereocenters. The van der Waals surface area contributed by atoms with Crippen molar-refractivity contribution in [3.05, 3.63) is 86.4 Å². The van der Waals surface area contributed by atoms with Crippen LogP contribution in [-0.4, -0.2) is 43.4 Å². The summed E-state index contributed by atoms with van der Waals surface area (Å²) in [6, 6.07) is 10.4. The lowest BCUT2D eigenvalue weighted by atomic mass is 9.96. The first-order chi connectivity index (χ1) is 20.2. The van der Waals surface area contributed by atoms with Gasteiger partial charge < -0.3 is 9.74 Å². The Morgan fingerprint density at radius 3 is 2.60 bits per heavy atom. The van der Waals surface area contributed by atoms with Crippen LogP contribution in [0.4, 0.5) is 17.6 Å². The van der Waals surface area contributed by atoms with Crippen LogP contribution in [0.2, 0.25) is 0 Å². The maximum atomic E-state index is 13.4. The minimum Gasteiger partial charge on any atom is -0.387 e. The number of halogens is 4. The van der Waals surface area contributed by atoms with Crippen molar-refractivity contribution in [1.29, 1.82) is 0 Å². The maximum Gasteiger partial charge on any atom is 0.264 e. The van der Waals surface area contributed by atoms with Crippen LogP contribution >= 0.6 is 11.3 Å². The highest BCUT2D eigenvalue weighted by Gasteiger charge is 2.30. The van der Waals surface area contributed by atoms with Crippen LogP contribution < -0.4 is 4.72 Å². The van der Waals surface area contributed by atoms with E-state index in [2.05, 4.69) is 9.88 Å². The SMILES string of the molecule is O=C(Cc1cc(C(F)F)ccc1C(F)F)N1CCC(c2nc(C3=NOC(c4ccccc4CNS(=O)O)C3)cs2)CC1. The lowest BCUT2D eigenvalue weighted by Gasteiger charge is -2.31. The standard InChI is InChI=1S/C28H28F4N4O4S2/c29-26(30)17-5-6-21(27(31)32)19(11-17)12-25(37)36-9-7-16(8-10-36)28-34-23(15-41-28)22-13-24(40-35-22)20-4-2-1-3-18(20)14-33-42(38)39/h1-6,11,15-16,24,26-27,33H,7-10,12-14H2,(H,38,39). The molecule has 2 atom stereocenters. The van der Waals surface area contributed by atoms with E-state index in [0.717, 1.165) is 34.3 Å². The molecule has 2 N–H and O–H groups in total. The van der Waals surface area contributed by atoms with E-state index >= 15 is 0 Å². The number of aromatic nitrogens is 1. The van der Waals surface area contributed by atoms with Crippen molar-refractivity contribution in [2.45, 2.75) is 57.1 Å². The zero-order chi connectivity index (χ0) is 29.8. The summed E-state index contributed by atoms with van der Waals surface area (Å²) in [4.78, 5) is 25.0. The zero-order valence-electron chi connectivity index (χ0n) is 22.2. The number of carbonyl (C=O) groups is 1. The molecule has 0 saturated carbocycles. The number of amides is 1. The van der Waals surface area contributed by atoms with Gasteiger partial charge in [-0.25, -0.2) is 31.5 Å². The highest BCUT2D eigenvalue weighted by atomic mass is 32.2. The van der Waals surface area contributed by atoms with E-state index < -0.39 is 29.7 Å². The molecule has 2 aliphatic rings. The molecule has 3 aromatic rings. The van der Waals surface area contributed by atoms with Crippen LogP contribution in [-0.2, 0) is 33.9 Å². The smallest absolute Gasteiger partial charge is 0.264 e. The number of alkyl halides is 4. The normalized spacial score (nSPS) is 18.4. The van der Waals surface area contributed by atoms with Crippen LogP contribution in [0.1, 0.15) is 82.7 Å². The molecule has 3 heterocycles. The molecule has 2 aromatic carbocycles. The number of oxime groups is 1. The number of benzene rings is 2. The monoisotopic (exact) mass is 624 g/mol. The van der Waals surface area contributed by atoms with Gasteiger partial charge >= 0.3 is 0 Å². The molecule has 1 amide bonds. The Labute approximate surface area is 246 Å². The van der Waals surface area contributed by atoms with Crippen molar-refractivity contribution in [1.82, 2.24) is 14.6 Å².